The van der Waals surface area contributed by atoms with Crippen LogP contribution in [-0.2, 0) is 16.0 Å². The number of nitrogens with zero attached hydrogens (tertiary/aromatic N) is 1. The maximum absolute atomic E-state index is 12.9. The fourth-order valence-corrected chi connectivity index (χ4v) is 3.85. The van der Waals surface area contributed by atoms with Crippen molar-refractivity contribution in [1.29, 1.82) is 0 Å². The van der Waals surface area contributed by atoms with Gasteiger partial charge in [0.1, 0.15) is 0 Å². The summed E-state index contributed by atoms with van der Waals surface area (Å²) < 4.78 is 0. The van der Waals surface area contributed by atoms with Gasteiger partial charge in [-0.15, -0.1) is 0 Å². The van der Waals surface area contributed by atoms with Gasteiger partial charge in [-0.2, -0.15) is 0 Å². The highest BCUT2D eigenvalue weighted by Crippen LogP contribution is 2.23. The van der Waals surface area contributed by atoms with Crippen LogP contribution in [0.4, 0.5) is 5.69 Å². The summed E-state index contributed by atoms with van der Waals surface area (Å²) >= 11 is 0. The zero-order chi connectivity index (χ0) is 21.0. The highest BCUT2D eigenvalue weighted by molar-refractivity contribution is 5.97. The number of benzene rings is 2. The Hall–Kier alpha value is -3.15. The van der Waals surface area contributed by atoms with Gasteiger partial charge in [0, 0.05) is 24.3 Å². The molecule has 152 valence electrons. The molecule has 0 saturated carbocycles. The van der Waals surface area contributed by atoms with E-state index in [0.29, 0.717) is 36.3 Å². The van der Waals surface area contributed by atoms with Crippen LogP contribution in [0, 0.1) is 19.8 Å². The summed E-state index contributed by atoms with van der Waals surface area (Å²) in [6.07, 6.45) is 1.30. The SMILES string of the molecule is Cc1cc(C)cc(C(=O)N2CCCC(C(=O)Nc3ccccc3CC(=O)O)C2)c1. The summed E-state index contributed by atoms with van der Waals surface area (Å²) in [6.45, 7) is 4.92. The lowest BCUT2D eigenvalue weighted by molar-refractivity contribution is -0.136. The first-order valence-corrected chi connectivity index (χ1v) is 9.81. The van der Waals surface area contributed by atoms with Crippen molar-refractivity contribution in [1.82, 2.24) is 4.90 Å². The third-order valence-corrected chi connectivity index (χ3v) is 5.16. The van der Waals surface area contributed by atoms with Gasteiger partial charge in [-0.3, -0.25) is 14.4 Å². The van der Waals surface area contributed by atoms with Crippen LogP contribution in [0.3, 0.4) is 0 Å². The predicted octanol–water partition coefficient (Wildman–Crippen LogP) is 3.42. The number of rotatable bonds is 5. The topological polar surface area (TPSA) is 86.7 Å². The van der Waals surface area contributed by atoms with E-state index in [1.165, 1.54) is 0 Å². The lowest BCUT2D eigenvalue weighted by Crippen LogP contribution is -2.43. The number of aryl methyl sites for hydroxylation is 2. The van der Waals surface area contributed by atoms with Crippen molar-refractivity contribution in [2.45, 2.75) is 33.1 Å². The van der Waals surface area contributed by atoms with E-state index in [4.69, 9.17) is 5.11 Å². The average Bonchev–Trinajstić information content (AvgIpc) is 2.68. The van der Waals surface area contributed by atoms with Gasteiger partial charge in [-0.1, -0.05) is 35.4 Å². The molecule has 1 fully saturated rings. The van der Waals surface area contributed by atoms with E-state index < -0.39 is 5.97 Å². The fraction of sp³-hybridized carbons (Fsp3) is 0.348. The summed E-state index contributed by atoms with van der Waals surface area (Å²) in [5.41, 5.74) is 3.80. The maximum atomic E-state index is 12.9. The highest BCUT2D eigenvalue weighted by Gasteiger charge is 2.29. The quantitative estimate of drug-likeness (QED) is 0.814. The number of carboxylic acid groups (broad SMARTS) is 1. The number of hydrogen-bond donors (Lipinski definition) is 2. The number of nitrogens with one attached hydrogen (secondary N) is 1. The number of hydrogen-bond acceptors (Lipinski definition) is 3. The molecule has 1 saturated heterocycles. The minimum atomic E-state index is -0.949. The van der Waals surface area contributed by atoms with Crippen molar-refractivity contribution in [3.05, 3.63) is 64.7 Å². The van der Waals surface area contributed by atoms with E-state index in [-0.39, 0.29) is 24.2 Å². The number of carbonyl (C=O) groups is 3. The smallest absolute Gasteiger partial charge is 0.307 e. The third kappa shape index (κ3) is 5.22. The highest BCUT2D eigenvalue weighted by atomic mass is 16.4. The number of para-hydroxylation sites is 1. The molecule has 2 N–H and O–H groups in total. The summed E-state index contributed by atoms with van der Waals surface area (Å²) in [6, 6.07) is 12.7. The Kier molecular flexibility index (Phi) is 6.32. The van der Waals surface area contributed by atoms with Crippen LogP contribution < -0.4 is 5.32 Å². The Labute approximate surface area is 170 Å². The molecular weight excluding hydrogens is 368 g/mol. The molecule has 3 rings (SSSR count). The van der Waals surface area contributed by atoms with Crippen LogP contribution in [-0.4, -0.2) is 40.9 Å². The number of anilines is 1. The fourth-order valence-electron chi connectivity index (χ4n) is 3.85. The van der Waals surface area contributed by atoms with Crippen molar-refractivity contribution in [3.8, 4) is 0 Å². The molecule has 6 nitrogen and oxygen atoms in total. The molecule has 0 aliphatic carbocycles. The molecule has 0 radical (unpaired) electrons. The number of piperidine rings is 1. The first-order chi connectivity index (χ1) is 13.8. The van der Waals surface area contributed by atoms with Crippen molar-refractivity contribution in [2.24, 2.45) is 5.92 Å². The van der Waals surface area contributed by atoms with Crippen molar-refractivity contribution < 1.29 is 19.5 Å². The number of amides is 2. The number of likely N-dealkylation sites (tertiary alicyclic amines) is 1. The Bertz CT molecular complexity index is 918. The van der Waals surface area contributed by atoms with Gasteiger partial charge >= 0.3 is 5.97 Å². The predicted molar refractivity (Wildman–Crippen MR) is 111 cm³/mol. The van der Waals surface area contributed by atoms with E-state index in [9.17, 15) is 14.4 Å². The van der Waals surface area contributed by atoms with E-state index in [0.717, 1.165) is 17.5 Å². The molecule has 2 amide bonds. The van der Waals surface area contributed by atoms with Gasteiger partial charge in [0.05, 0.1) is 12.3 Å². The molecule has 29 heavy (non-hydrogen) atoms. The summed E-state index contributed by atoms with van der Waals surface area (Å²) in [4.78, 5) is 38.6. The monoisotopic (exact) mass is 394 g/mol. The van der Waals surface area contributed by atoms with Crippen LogP contribution in [0.5, 0.6) is 0 Å². The van der Waals surface area contributed by atoms with Crippen molar-refractivity contribution >= 4 is 23.5 Å². The van der Waals surface area contributed by atoms with Crippen LogP contribution in [0.25, 0.3) is 0 Å². The first kappa shape index (κ1) is 20.6. The Morgan fingerprint density at radius 1 is 1.10 bits per heavy atom. The second kappa shape index (κ2) is 8.90. The molecule has 0 aromatic heterocycles. The van der Waals surface area contributed by atoms with Gasteiger partial charge in [0.15, 0.2) is 0 Å². The number of carbonyl (C=O) groups excluding carboxylic acids is 2. The maximum Gasteiger partial charge on any atom is 0.307 e. The zero-order valence-electron chi connectivity index (χ0n) is 16.8. The van der Waals surface area contributed by atoms with Crippen LogP contribution in [0.1, 0.15) is 39.9 Å². The Balaban J connectivity index is 1.70. The molecular formula is C23H26N2O4. The van der Waals surface area contributed by atoms with Crippen LogP contribution in [0.15, 0.2) is 42.5 Å². The Morgan fingerprint density at radius 3 is 2.48 bits per heavy atom. The van der Waals surface area contributed by atoms with E-state index in [1.807, 2.05) is 32.0 Å². The molecule has 2 aromatic rings. The van der Waals surface area contributed by atoms with Crippen molar-refractivity contribution in [2.75, 3.05) is 18.4 Å². The molecule has 1 aliphatic rings. The second-order valence-electron chi connectivity index (χ2n) is 7.68. The summed E-state index contributed by atoms with van der Waals surface area (Å²) in [5, 5.41) is 11.9. The largest absolute Gasteiger partial charge is 0.481 e. The zero-order valence-corrected chi connectivity index (χ0v) is 16.8. The molecule has 2 aromatic carbocycles. The lowest BCUT2D eigenvalue weighted by Gasteiger charge is -2.32. The molecule has 0 spiro atoms. The average molecular weight is 394 g/mol. The minimum Gasteiger partial charge on any atom is -0.481 e. The minimum absolute atomic E-state index is 0.0550. The van der Waals surface area contributed by atoms with Gasteiger partial charge in [0.2, 0.25) is 5.91 Å². The third-order valence-electron chi connectivity index (χ3n) is 5.16. The summed E-state index contributed by atoms with van der Waals surface area (Å²) in [5.74, 6) is -1.51. The number of aliphatic carboxylic acids is 1. The molecule has 1 unspecified atom stereocenters. The first-order valence-electron chi connectivity index (χ1n) is 9.81. The van der Waals surface area contributed by atoms with Gasteiger partial charge < -0.3 is 15.3 Å². The molecule has 1 heterocycles. The standard InChI is InChI=1S/C23H26N2O4/c1-15-10-16(2)12-19(11-15)23(29)25-9-5-7-18(14-25)22(28)24-20-8-4-3-6-17(20)13-21(26)27/h3-4,6,8,10-12,18H,5,7,9,13-14H2,1-2H3,(H,24,28)(H,26,27). The Morgan fingerprint density at radius 2 is 1.79 bits per heavy atom. The van der Waals surface area contributed by atoms with Crippen LogP contribution in [0.2, 0.25) is 0 Å². The van der Waals surface area contributed by atoms with Crippen molar-refractivity contribution in [3.63, 3.8) is 0 Å². The van der Waals surface area contributed by atoms with Gasteiger partial charge in [0.25, 0.3) is 5.91 Å². The van der Waals surface area contributed by atoms with Crippen LogP contribution >= 0.6 is 0 Å². The van der Waals surface area contributed by atoms with E-state index in [1.54, 1.807) is 29.2 Å². The number of carboxylic acids is 1. The van der Waals surface area contributed by atoms with Gasteiger partial charge in [-0.25, -0.2) is 0 Å². The van der Waals surface area contributed by atoms with E-state index in [2.05, 4.69) is 5.32 Å². The second-order valence-corrected chi connectivity index (χ2v) is 7.68. The molecule has 0 bridgehead atoms. The molecule has 6 heteroatoms. The molecule has 1 aliphatic heterocycles. The van der Waals surface area contributed by atoms with Gasteiger partial charge in [-0.05, 0) is 50.5 Å². The van der Waals surface area contributed by atoms with E-state index >= 15 is 0 Å². The summed E-state index contributed by atoms with van der Waals surface area (Å²) in [7, 11) is 0. The normalized spacial score (nSPS) is 16.3. The lowest BCUT2D eigenvalue weighted by atomic mass is 9.95. The molecule has 1 atom stereocenters.